The summed E-state index contributed by atoms with van der Waals surface area (Å²) >= 11 is 0. The molecule has 0 unspecified atom stereocenters. The summed E-state index contributed by atoms with van der Waals surface area (Å²) in [7, 11) is 0. The maximum Gasteiger partial charge on any atom is 0.254 e. The Morgan fingerprint density at radius 2 is 2.24 bits per heavy atom. The minimum atomic E-state index is 0.0676. The Labute approximate surface area is 127 Å². The first-order valence-electron chi connectivity index (χ1n) is 7.77. The number of aliphatic hydroxyl groups excluding tert-OH is 1. The van der Waals surface area contributed by atoms with Gasteiger partial charge in [0, 0.05) is 30.1 Å². The molecule has 1 aromatic carbocycles. The third-order valence-electron chi connectivity index (χ3n) is 3.58. The summed E-state index contributed by atoms with van der Waals surface area (Å²) < 4.78 is 0. The summed E-state index contributed by atoms with van der Waals surface area (Å²) in [6.45, 7) is 3.06. The molecule has 1 fully saturated rings. The van der Waals surface area contributed by atoms with Gasteiger partial charge in [0.2, 0.25) is 0 Å². The predicted octanol–water partition coefficient (Wildman–Crippen LogP) is 2.83. The number of hydrogen-bond donors (Lipinski definition) is 1. The molecular formula is C18H23NO2. The van der Waals surface area contributed by atoms with Crippen molar-refractivity contribution in [3.63, 3.8) is 0 Å². The molecule has 1 amide bonds. The van der Waals surface area contributed by atoms with Gasteiger partial charge in [-0.15, -0.1) is 0 Å². The smallest absolute Gasteiger partial charge is 0.254 e. The second kappa shape index (κ2) is 7.85. The van der Waals surface area contributed by atoms with E-state index in [1.165, 1.54) is 0 Å². The van der Waals surface area contributed by atoms with Crippen LogP contribution in [0, 0.1) is 11.8 Å². The lowest BCUT2D eigenvalue weighted by Crippen LogP contribution is -2.34. The van der Waals surface area contributed by atoms with Gasteiger partial charge in [0.15, 0.2) is 0 Å². The number of amides is 1. The zero-order valence-electron chi connectivity index (χ0n) is 12.6. The standard InChI is InChI=1S/C18H23NO2/c1-2-3-12-19(17-10-11-17)18(21)16-9-6-8-15(14-16)7-4-5-13-20/h6,8-9,14,17,20H,2-3,5,10-13H2,1H3. The van der Waals surface area contributed by atoms with Crippen LogP contribution < -0.4 is 0 Å². The van der Waals surface area contributed by atoms with Crippen molar-refractivity contribution >= 4 is 5.91 Å². The average Bonchev–Trinajstić information content (AvgIpc) is 3.33. The molecule has 112 valence electrons. The Kier molecular flexibility index (Phi) is 5.83. The third kappa shape index (κ3) is 4.61. The van der Waals surface area contributed by atoms with Gasteiger partial charge in [0.25, 0.3) is 5.91 Å². The molecule has 1 aromatic rings. The van der Waals surface area contributed by atoms with Crippen molar-refractivity contribution < 1.29 is 9.90 Å². The molecule has 21 heavy (non-hydrogen) atoms. The number of hydrogen-bond acceptors (Lipinski definition) is 2. The molecule has 1 aliphatic rings. The van der Waals surface area contributed by atoms with Crippen molar-refractivity contribution in [1.29, 1.82) is 0 Å². The van der Waals surface area contributed by atoms with Crippen LogP contribution in [0.3, 0.4) is 0 Å². The van der Waals surface area contributed by atoms with E-state index >= 15 is 0 Å². The highest BCUT2D eigenvalue weighted by molar-refractivity contribution is 5.95. The molecule has 0 saturated heterocycles. The summed E-state index contributed by atoms with van der Waals surface area (Å²) in [4.78, 5) is 14.7. The number of aliphatic hydroxyl groups is 1. The normalized spacial score (nSPS) is 13.4. The second-order valence-electron chi connectivity index (χ2n) is 5.44. The van der Waals surface area contributed by atoms with Crippen molar-refractivity contribution in [2.24, 2.45) is 0 Å². The fourth-order valence-electron chi connectivity index (χ4n) is 2.28. The van der Waals surface area contributed by atoms with Gasteiger partial charge < -0.3 is 10.0 Å². The van der Waals surface area contributed by atoms with E-state index < -0.39 is 0 Å². The monoisotopic (exact) mass is 285 g/mol. The Bertz CT molecular complexity index is 538. The lowest BCUT2D eigenvalue weighted by molar-refractivity contribution is 0.0740. The maximum atomic E-state index is 12.7. The summed E-state index contributed by atoms with van der Waals surface area (Å²) in [5.74, 6) is 6.00. The molecule has 2 rings (SSSR count). The van der Waals surface area contributed by atoms with E-state index in [0.29, 0.717) is 18.0 Å². The SMILES string of the molecule is CCCCN(C(=O)c1cccc(C#CCCO)c1)C1CC1. The molecule has 3 nitrogen and oxygen atoms in total. The van der Waals surface area contributed by atoms with E-state index in [9.17, 15) is 4.79 Å². The van der Waals surface area contributed by atoms with Gasteiger partial charge in [0.1, 0.15) is 0 Å². The first-order chi connectivity index (χ1) is 10.3. The number of carbonyl (C=O) groups excluding carboxylic acids is 1. The topological polar surface area (TPSA) is 40.5 Å². The molecule has 0 aromatic heterocycles. The van der Waals surface area contributed by atoms with E-state index in [1.54, 1.807) is 0 Å². The van der Waals surface area contributed by atoms with Crippen molar-refractivity contribution in [3.8, 4) is 11.8 Å². The van der Waals surface area contributed by atoms with E-state index in [4.69, 9.17) is 5.11 Å². The minimum Gasteiger partial charge on any atom is -0.395 e. The molecule has 0 atom stereocenters. The van der Waals surface area contributed by atoms with Gasteiger partial charge >= 0.3 is 0 Å². The lowest BCUT2D eigenvalue weighted by atomic mass is 10.1. The Hall–Kier alpha value is -1.79. The highest BCUT2D eigenvalue weighted by Gasteiger charge is 2.32. The van der Waals surface area contributed by atoms with Gasteiger partial charge in [-0.05, 0) is 37.5 Å². The predicted molar refractivity (Wildman–Crippen MR) is 84.0 cm³/mol. The fourth-order valence-corrected chi connectivity index (χ4v) is 2.28. The van der Waals surface area contributed by atoms with Gasteiger partial charge in [-0.3, -0.25) is 4.79 Å². The largest absolute Gasteiger partial charge is 0.395 e. The number of nitrogens with zero attached hydrogens (tertiary/aromatic N) is 1. The number of unbranched alkanes of at least 4 members (excludes halogenated alkanes) is 1. The third-order valence-corrected chi connectivity index (χ3v) is 3.58. The molecule has 0 aliphatic heterocycles. The van der Waals surface area contributed by atoms with E-state index in [2.05, 4.69) is 18.8 Å². The quantitative estimate of drug-likeness (QED) is 0.817. The summed E-state index contributed by atoms with van der Waals surface area (Å²) in [5.41, 5.74) is 1.55. The number of carbonyl (C=O) groups is 1. The van der Waals surface area contributed by atoms with Crippen molar-refractivity contribution in [2.75, 3.05) is 13.2 Å². The lowest BCUT2D eigenvalue weighted by Gasteiger charge is -2.22. The van der Waals surface area contributed by atoms with Crippen LogP contribution in [-0.4, -0.2) is 35.1 Å². The molecule has 1 aliphatic carbocycles. The van der Waals surface area contributed by atoms with Gasteiger partial charge in [-0.2, -0.15) is 0 Å². The van der Waals surface area contributed by atoms with Crippen LogP contribution in [0.5, 0.6) is 0 Å². The fraction of sp³-hybridized carbons (Fsp3) is 0.500. The van der Waals surface area contributed by atoms with Gasteiger partial charge in [-0.1, -0.05) is 31.3 Å². The van der Waals surface area contributed by atoms with Crippen LogP contribution in [0.25, 0.3) is 0 Å². The van der Waals surface area contributed by atoms with Crippen molar-refractivity contribution in [2.45, 2.75) is 45.1 Å². The molecule has 0 heterocycles. The highest BCUT2D eigenvalue weighted by Crippen LogP contribution is 2.28. The second-order valence-corrected chi connectivity index (χ2v) is 5.44. The molecule has 3 heteroatoms. The van der Waals surface area contributed by atoms with Crippen LogP contribution in [0.4, 0.5) is 0 Å². The minimum absolute atomic E-state index is 0.0676. The van der Waals surface area contributed by atoms with Crippen LogP contribution in [-0.2, 0) is 0 Å². The van der Waals surface area contributed by atoms with Crippen molar-refractivity contribution in [1.82, 2.24) is 4.90 Å². The number of benzene rings is 1. The summed E-state index contributed by atoms with van der Waals surface area (Å²) in [6.07, 6.45) is 4.88. The van der Waals surface area contributed by atoms with Gasteiger partial charge in [-0.25, -0.2) is 0 Å². The molecule has 0 radical (unpaired) electrons. The molecule has 1 saturated carbocycles. The van der Waals surface area contributed by atoms with Crippen LogP contribution in [0.2, 0.25) is 0 Å². The van der Waals surface area contributed by atoms with Crippen LogP contribution in [0.15, 0.2) is 24.3 Å². The zero-order valence-corrected chi connectivity index (χ0v) is 12.6. The van der Waals surface area contributed by atoms with Crippen molar-refractivity contribution in [3.05, 3.63) is 35.4 Å². The Morgan fingerprint density at radius 1 is 1.43 bits per heavy atom. The first-order valence-corrected chi connectivity index (χ1v) is 7.77. The molecule has 0 spiro atoms. The maximum absolute atomic E-state index is 12.7. The van der Waals surface area contributed by atoms with Crippen LogP contribution >= 0.6 is 0 Å². The molecule has 1 N–H and O–H groups in total. The molecule has 0 bridgehead atoms. The van der Waals surface area contributed by atoms with E-state index in [-0.39, 0.29) is 12.5 Å². The van der Waals surface area contributed by atoms with Gasteiger partial charge in [0.05, 0.1) is 6.61 Å². The van der Waals surface area contributed by atoms with Crippen LogP contribution in [0.1, 0.15) is 54.9 Å². The Balaban J connectivity index is 2.10. The summed E-state index contributed by atoms with van der Waals surface area (Å²) in [5, 5.41) is 8.75. The Morgan fingerprint density at radius 3 is 2.90 bits per heavy atom. The molecular weight excluding hydrogens is 262 g/mol. The number of rotatable bonds is 6. The zero-order chi connectivity index (χ0) is 15.1. The average molecular weight is 285 g/mol. The summed E-state index contributed by atoms with van der Waals surface area (Å²) in [6, 6.07) is 7.93. The van der Waals surface area contributed by atoms with E-state index in [1.807, 2.05) is 29.2 Å². The first kappa shape index (κ1) is 15.6. The van der Waals surface area contributed by atoms with E-state index in [0.717, 1.165) is 37.8 Å². The highest BCUT2D eigenvalue weighted by atomic mass is 16.2.